The van der Waals surface area contributed by atoms with Gasteiger partial charge in [-0.1, -0.05) is 13.8 Å². The van der Waals surface area contributed by atoms with Crippen molar-refractivity contribution in [2.45, 2.75) is 24.9 Å². The molecule has 0 saturated heterocycles. The molecule has 0 amide bonds. The molecule has 1 aromatic heterocycles. The van der Waals surface area contributed by atoms with Crippen LogP contribution in [0, 0.1) is 0 Å². The van der Waals surface area contributed by atoms with Crippen molar-refractivity contribution in [1.29, 1.82) is 0 Å². The maximum atomic E-state index is 11.0. The van der Waals surface area contributed by atoms with Crippen molar-refractivity contribution in [3.8, 4) is 0 Å². The first-order valence-electron chi connectivity index (χ1n) is 3.77. The van der Waals surface area contributed by atoms with Crippen LogP contribution >= 0.6 is 0 Å². The summed E-state index contributed by atoms with van der Waals surface area (Å²) in [6.45, 7) is 4.09. The van der Waals surface area contributed by atoms with Crippen LogP contribution in [-0.2, 0) is 10.8 Å². The van der Waals surface area contributed by atoms with Crippen LogP contribution in [0.1, 0.15) is 25.5 Å². The molecule has 0 aliphatic rings. The van der Waals surface area contributed by atoms with Crippen LogP contribution < -0.4 is 0 Å². The molecule has 12 heavy (non-hydrogen) atoms. The Morgan fingerprint density at radius 1 is 1.50 bits per heavy atom. The quantitative estimate of drug-likeness (QED) is 0.651. The van der Waals surface area contributed by atoms with E-state index in [1.807, 2.05) is 19.9 Å². The molecule has 0 aliphatic heterocycles. The van der Waals surface area contributed by atoms with Crippen LogP contribution in [0.3, 0.4) is 0 Å². The second-order valence-electron chi connectivity index (χ2n) is 2.87. The zero-order chi connectivity index (χ0) is 9.14. The smallest absolute Gasteiger partial charge is 0.218 e. The number of aromatic nitrogens is 2. The van der Waals surface area contributed by atoms with Gasteiger partial charge in [0.2, 0.25) is 5.16 Å². The first-order chi connectivity index (χ1) is 5.61. The highest BCUT2D eigenvalue weighted by atomic mass is 32.2. The second kappa shape index (κ2) is 3.76. The van der Waals surface area contributed by atoms with E-state index in [0.29, 0.717) is 11.1 Å². The first kappa shape index (κ1) is 9.32. The van der Waals surface area contributed by atoms with Crippen molar-refractivity contribution < 1.29 is 4.21 Å². The molecule has 0 fully saturated rings. The third kappa shape index (κ3) is 2.11. The molecular formula is C8H12N2OS. The van der Waals surface area contributed by atoms with E-state index in [9.17, 15) is 4.21 Å². The number of rotatable bonds is 2. The minimum atomic E-state index is -1.08. The normalized spacial score (nSPS) is 13.3. The summed E-state index contributed by atoms with van der Waals surface area (Å²) < 4.78 is 11.0. The lowest BCUT2D eigenvalue weighted by Gasteiger charge is -2.03. The van der Waals surface area contributed by atoms with E-state index in [4.69, 9.17) is 0 Å². The van der Waals surface area contributed by atoms with Gasteiger partial charge in [-0.25, -0.2) is 9.97 Å². The van der Waals surface area contributed by atoms with Gasteiger partial charge in [-0.2, -0.15) is 0 Å². The lowest BCUT2D eigenvalue weighted by molar-refractivity contribution is 0.675. The summed E-state index contributed by atoms with van der Waals surface area (Å²) in [6, 6.07) is 1.85. The van der Waals surface area contributed by atoms with Crippen LogP contribution in [0.2, 0.25) is 0 Å². The van der Waals surface area contributed by atoms with Crippen LogP contribution in [-0.4, -0.2) is 20.4 Å². The van der Waals surface area contributed by atoms with Crippen molar-refractivity contribution in [3.05, 3.63) is 18.0 Å². The Kier molecular flexibility index (Phi) is 2.92. The fraction of sp³-hybridized carbons (Fsp3) is 0.500. The second-order valence-corrected chi connectivity index (χ2v) is 4.15. The average Bonchev–Trinajstić information content (AvgIpc) is 2.04. The van der Waals surface area contributed by atoms with E-state index in [-0.39, 0.29) is 0 Å². The standard InChI is InChI=1S/C8H12N2OS/c1-6(2)7-4-5-9-8(10-7)12(3)11/h4-6H,1-3H3. The first-order valence-corrected chi connectivity index (χ1v) is 5.33. The summed E-state index contributed by atoms with van der Waals surface area (Å²) in [4.78, 5) is 8.07. The van der Waals surface area contributed by atoms with E-state index in [1.54, 1.807) is 12.5 Å². The monoisotopic (exact) mass is 184 g/mol. The van der Waals surface area contributed by atoms with Gasteiger partial charge in [0.15, 0.2) is 0 Å². The van der Waals surface area contributed by atoms with E-state index in [0.717, 1.165) is 5.69 Å². The van der Waals surface area contributed by atoms with Crippen LogP contribution in [0.15, 0.2) is 17.4 Å². The Labute approximate surface area is 74.7 Å². The SMILES string of the molecule is CC(C)c1ccnc(S(C)=O)n1. The number of nitrogens with zero attached hydrogens (tertiary/aromatic N) is 2. The molecule has 1 heterocycles. The zero-order valence-electron chi connectivity index (χ0n) is 7.44. The van der Waals surface area contributed by atoms with Crippen LogP contribution in [0.25, 0.3) is 0 Å². The van der Waals surface area contributed by atoms with Crippen LogP contribution in [0.5, 0.6) is 0 Å². The van der Waals surface area contributed by atoms with Gasteiger partial charge >= 0.3 is 0 Å². The summed E-state index contributed by atoms with van der Waals surface area (Å²) in [6.07, 6.45) is 3.23. The molecule has 3 nitrogen and oxygen atoms in total. The lowest BCUT2D eigenvalue weighted by Crippen LogP contribution is -2.01. The fourth-order valence-electron chi connectivity index (χ4n) is 0.814. The Balaban J connectivity index is 3.04. The Bertz CT molecular complexity index is 299. The van der Waals surface area contributed by atoms with E-state index in [1.165, 1.54) is 0 Å². The van der Waals surface area contributed by atoms with Crippen molar-refractivity contribution >= 4 is 10.8 Å². The molecule has 0 saturated carbocycles. The highest BCUT2D eigenvalue weighted by Crippen LogP contribution is 2.10. The van der Waals surface area contributed by atoms with E-state index < -0.39 is 10.8 Å². The third-order valence-corrected chi connectivity index (χ3v) is 2.21. The summed E-state index contributed by atoms with van der Waals surface area (Å²) in [5.74, 6) is 0.357. The molecule has 1 rings (SSSR count). The fourth-order valence-corrected chi connectivity index (χ4v) is 1.26. The van der Waals surface area contributed by atoms with Gasteiger partial charge in [0.25, 0.3) is 0 Å². The highest BCUT2D eigenvalue weighted by molar-refractivity contribution is 7.84. The molecular weight excluding hydrogens is 172 g/mol. The number of hydrogen-bond donors (Lipinski definition) is 0. The molecule has 0 radical (unpaired) electrons. The Hall–Kier alpha value is -0.770. The predicted octanol–water partition coefficient (Wildman–Crippen LogP) is 1.34. The van der Waals surface area contributed by atoms with Gasteiger partial charge in [0.1, 0.15) is 0 Å². The summed E-state index contributed by atoms with van der Waals surface area (Å²) >= 11 is 0. The molecule has 66 valence electrons. The van der Waals surface area contributed by atoms with Gasteiger partial charge in [-0.15, -0.1) is 0 Å². The molecule has 1 unspecified atom stereocenters. The van der Waals surface area contributed by atoms with Gasteiger partial charge in [-0.05, 0) is 12.0 Å². The van der Waals surface area contributed by atoms with Crippen molar-refractivity contribution in [2.24, 2.45) is 0 Å². The summed E-state index contributed by atoms with van der Waals surface area (Å²) in [5.41, 5.74) is 0.940. The molecule has 0 spiro atoms. The molecule has 0 bridgehead atoms. The van der Waals surface area contributed by atoms with Gasteiger partial charge in [0, 0.05) is 18.1 Å². The number of hydrogen-bond acceptors (Lipinski definition) is 3. The minimum Gasteiger partial charge on any atom is -0.251 e. The molecule has 4 heteroatoms. The maximum absolute atomic E-state index is 11.0. The molecule has 0 N–H and O–H groups in total. The van der Waals surface area contributed by atoms with Gasteiger partial charge in [-0.3, -0.25) is 4.21 Å². The van der Waals surface area contributed by atoms with Crippen molar-refractivity contribution in [1.82, 2.24) is 9.97 Å². The summed E-state index contributed by atoms with van der Waals surface area (Å²) in [5, 5.41) is 0.418. The van der Waals surface area contributed by atoms with Crippen molar-refractivity contribution in [2.75, 3.05) is 6.26 Å². The molecule has 1 atom stereocenters. The highest BCUT2D eigenvalue weighted by Gasteiger charge is 2.04. The molecule has 1 aromatic rings. The Morgan fingerprint density at radius 3 is 2.67 bits per heavy atom. The summed E-state index contributed by atoms with van der Waals surface area (Å²) in [7, 11) is -1.08. The van der Waals surface area contributed by atoms with Crippen LogP contribution in [0.4, 0.5) is 0 Å². The van der Waals surface area contributed by atoms with Crippen molar-refractivity contribution in [3.63, 3.8) is 0 Å². The average molecular weight is 184 g/mol. The Morgan fingerprint density at radius 2 is 2.17 bits per heavy atom. The zero-order valence-corrected chi connectivity index (χ0v) is 8.26. The predicted molar refractivity (Wildman–Crippen MR) is 48.5 cm³/mol. The topological polar surface area (TPSA) is 42.9 Å². The molecule has 0 aromatic carbocycles. The lowest BCUT2D eigenvalue weighted by atomic mass is 10.1. The van der Waals surface area contributed by atoms with E-state index >= 15 is 0 Å². The minimum absolute atomic E-state index is 0.357. The van der Waals surface area contributed by atoms with E-state index in [2.05, 4.69) is 9.97 Å². The molecule has 0 aliphatic carbocycles. The van der Waals surface area contributed by atoms with Gasteiger partial charge < -0.3 is 0 Å². The van der Waals surface area contributed by atoms with Gasteiger partial charge in [0.05, 0.1) is 10.8 Å². The maximum Gasteiger partial charge on any atom is 0.218 e. The third-order valence-electron chi connectivity index (χ3n) is 1.50. The largest absolute Gasteiger partial charge is 0.251 e.